The molecule has 2 aromatic rings. The highest BCUT2D eigenvalue weighted by atomic mass is 19.1. The van der Waals surface area contributed by atoms with Crippen molar-refractivity contribution in [3.63, 3.8) is 0 Å². The number of imide groups is 1. The van der Waals surface area contributed by atoms with Crippen molar-refractivity contribution in [3.8, 4) is 0 Å². The summed E-state index contributed by atoms with van der Waals surface area (Å²) >= 11 is 0. The summed E-state index contributed by atoms with van der Waals surface area (Å²) in [6.45, 7) is 3.02. The van der Waals surface area contributed by atoms with E-state index in [1.165, 1.54) is 17.0 Å². The molecule has 0 N–H and O–H groups in total. The van der Waals surface area contributed by atoms with Gasteiger partial charge >= 0.3 is 0 Å². The largest absolute Gasteiger partial charge is 0.356 e. The lowest BCUT2D eigenvalue weighted by Crippen LogP contribution is -2.41. The van der Waals surface area contributed by atoms with Gasteiger partial charge in [0.2, 0.25) is 11.8 Å². The maximum absolute atomic E-state index is 13.4. The molecule has 1 aromatic carbocycles. The molecule has 1 aliphatic carbocycles. The van der Waals surface area contributed by atoms with Gasteiger partial charge in [-0.3, -0.25) is 14.5 Å². The van der Waals surface area contributed by atoms with Gasteiger partial charge in [0.05, 0.1) is 17.5 Å². The second-order valence-electron chi connectivity index (χ2n) is 8.65. The number of hydrogen-bond acceptors (Lipinski definition) is 5. The summed E-state index contributed by atoms with van der Waals surface area (Å²) < 4.78 is 18.7. The molecule has 3 fully saturated rings. The molecule has 2 amide bonds. The van der Waals surface area contributed by atoms with Crippen LogP contribution in [0.1, 0.15) is 50.1 Å². The molecule has 154 valence electrons. The van der Waals surface area contributed by atoms with Crippen LogP contribution in [-0.2, 0) is 9.59 Å². The normalized spacial score (nSPS) is 26.4. The third-order valence-electron chi connectivity index (χ3n) is 7.01. The Balaban J connectivity index is 1.17. The first-order valence-electron chi connectivity index (χ1n) is 10.7. The van der Waals surface area contributed by atoms with Gasteiger partial charge in [-0.2, -0.15) is 0 Å². The average Bonchev–Trinajstić information content (AvgIpc) is 3.26. The lowest BCUT2D eigenvalue weighted by atomic mass is 9.81. The zero-order valence-corrected chi connectivity index (χ0v) is 16.5. The SMILES string of the molecule is O=C1C2CCCCC2C(=O)N1CCN1CCC(c2noc3cc(F)ccc23)CC1. The van der Waals surface area contributed by atoms with Crippen LogP contribution in [0.25, 0.3) is 11.0 Å². The Kier molecular flexibility index (Phi) is 4.86. The highest BCUT2D eigenvalue weighted by molar-refractivity contribution is 6.05. The van der Waals surface area contributed by atoms with Crippen LogP contribution in [0.5, 0.6) is 0 Å². The number of carbonyl (C=O) groups is 2. The van der Waals surface area contributed by atoms with Crippen LogP contribution in [-0.4, -0.2) is 52.9 Å². The first kappa shape index (κ1) is 18.7. The molecule has 6 nitrogen and oxygen atoms in total. The summed E-state index contributed by atoms with van der Waals surface area (Å²) in [5, 5.41) is 5.09. The quantitative estimate of drug-likeness (QED) is 0.738. The van der Waals surface area contributed by atoms with Gasteiger partial charge in [-0.25, -0.2) is 4.39 Å². The second-order valence-corrected chi connectivity index (χ2v) is 8.65. The minimum Gasteiger partial charge on any atom is -0.356 e. The molecule has 7 heteroatoms. The highest BCUT2D eigenvalue weighted by Gasteiger charge is 2.47. The van der Waals surface area contributed by atoms with E-state index < -0.39 is 0 Å². The molecule has 1 saturated carbocycles. The summed E-state index contributed by atoms with van der Waals surface area (Å²) in [5.74, 6) is -0.0527. The van der Waals surface area contributed by atoms with E-state index in [2.05, 4.69) is 10.1 Å². The van der Waals surface area contributed by atoms with E-state index in [1.807, 2.05) is 0 Å². The summed E-state index contributed by atoms with van der Waals surface area (Å²) in [6, 6.07) is 4.56. The van der Waals surface area contributed by atoms with E-state index in [-0.39, 0.29) is 35.4 Å². The van der Waals surface area contributed by atoms with Crippen LogP contribution in [0.3, 0.4) is 0 Å². The third-order valence-corrected chi connectivity index (χ3v) is 7.01. The van der Waals surface area contributed by atoms with Crippen molar-refractivity contribution in [2.75, 3.05) is 26.2 Å². The number of benzene rings is 1. The molecule has 0 spiro atoms. The minimum absolute atomic E-state index is 0.0517. The first-order valence-corrected chi connectivity index (χ1v) is 10.7. The number of halogens is 1. The molecule has 2 unspecified atom stereocenters. The lowest BCUT2D eigenvalue weighted by molar-refractivity contribution is -0.140. The summed E-state index contributed by atoms with van der Waals surface area (Å²) in [7, 11) is 0. The number of piperidine rings is 1. The second kappa shape index (κ2) is 7.52. The van der Waals surface area contributed by atoms with Crippen molar-refractivity contribution in [1.82, 2.24) is 15.0 Å². The Bertz CT molecular complexity index is 911. The van der Waals surface area contributed by atoms with Crippen molar-refractivity contribution in [2.24, 2.45) is 11.8 Å². The van der Waals surface area contributed by atoms with Crippen molar-refractivity contribution >= 4 is 22.8 Å². The van der Waals surface area contributed by atoms with Gasteiger partial charge in [-0.15, -0.1) is 0 Å². The molecule has 2 aliphatic heterocycles. The topological polar surface area (TPSA) is 66.7 Å². The van der Waals surface area contributed by atoms with Crippen LogP contribution in [0.2, 0.25) is 0 Å². The average molecular weight is 399 g/mol. The van der Waals surface area contributed by atoms with Gasteiger partial charge in [0.15, 0.2) is 5.58 Å². The van der Waals surface area contributed by atoms with Crippen molar-refractivity contribution in [3.05, 3.63) is 29.7 Å². The molecule has 3 heterocycles. The fourth-order valence-electron chi connectivity index (χ4n) is 5.35. The fraction of sp³-hybridized carbons (Fsp3) is 0.591. The molecule has 29 heavy (non-hydrogen) atoms. The Hall–Kier alpha value is -2.28. The van der Waals surface area contributed by atoms with Crippen molar-refractivity contribution in [1.29, 1.82) is 0 Å². The van der Waals surface area contributed by atoms with E-state index in [0.717, 1.165) is 69.2 Å². The molecule has 2 atom stereocenters. The molecule has 0 bridgehead atoms. The number of fused-ring (bicyclic) bond motifs is 2. The van der Waals surface area contributed by atoms with Crippen LogP contribution in [0.15, 0.2) is 22.7 Å². The molecule has 3 aliphatic rings. The van der Waals surface area contributed by atoms with E-state index in [9.17, 15) is 14.0 Å². The van der Waals surface area contributed by atoms with Gasteiger partial charge < -0.3 is 9.42 Å². The predicted molar refractivity (Wildman–Crippen MR) is 105 cm³/mol. The van der Waals surface area contributed by atoms with Gasteiger partial charge in [0, 0.05) is 30.5 Å². The summed E-state index contributed by atoms with van der Waals surface area (Å²) in [5.41, 5.74) is 1.41. The molecular formula is C22H26FN3O3. The minimum atomic E-state index is -0.319. The van der Waals surface area contributed by atoms with Crippen molar-refractivity contribution < 1.29 is 18.5 Å². The number of nitrogens with zero attached hydrogens (tertiary/aromatic N) is 3. The number of aromatic nitrogens is 1. The van der Waals surface area contributed by atoms with Crippen molar-refractivity contribution in [2.45, 2.75) is 44.4 Å². The first-order chi connectivity index (χ1) is 14.1. The van der Waals surface area contributed by atoms with Crippen LogP contribution >= 0.6 is 0 Å². The molecule has 1 aromatic heterocycles. The monoisotopic (exact) mass is 399 g/mol. The van der Waals surface area contributed by atoms with Gasteiger partial charge in [-0.1, -0.05) is 18.0 Å². The number of amides is 2. The lowest BCUT2D eigenvalue weighted by Gasteiger charge is -2.32. The van der Waals surface area contributed by atoms with Gasteiger partial charge in [0.1, 0.15) is 5.82 Å². The smallest absolute Gasteiger partial charge is 0.233 e. The third kappa shape index (κ3) is 3.35. The van der Waals surface area contributed by atoms with E-state index in [0.29, 0.717) is 12.1 Å². The van der Waals surface area contributed by atoms with Gasteiger partial charge in [-0.05, 0) is 50.9 Å². The van der Waals surface area contributed by atoms with E-state index in [1.54, 1.807) is 6.07 Å². The highest BCUT2D eigenvalue weighted by Crippen LogP contribution is 2.38. The standard InChI is InChI=1S/C22H26FN3O3/c23-15-5-6-18-19(13-15)29-24-20(18)14-7-9-25(10-8-14)11-12-26-21(27)16-3-1-2-4-17(16)22(26)28/h5-6,13-14,16-17H,1-4,7-12H2. The number of hydrogen-bond donors (Lipinski definition) is 0. The maximum Gasteiger partial charge on any atom is 0.233 e. The molecular weight excluding hydrogens is 373 g/mol. The van der Waals surface area contributed by atoms with Gasteiger partial charge in [0.25, 0.3) is 0 Å². The number of carbonyl (C=O) groups excluding carboxylic acids is 2. The predicted octanol–water partition coefficient (Wildman–Crippen LogP) is 3.32. The summed E-state index contributed by atoms with van der Waals surface area (Å²) in [6.07, 6.45) is 5.73. The molecule has 0 radical (unpaired) electrons. The fourth-order valence-corrected chi connectivity index (χ4v) is 5.35. The van der Waals surface area contributed by atoms with E-state index >= 15 is 0 Å². The Labute approximate surface area is 169 Å². The van der Waals surface area contributed by atoms with Crippen LogP contribution < -0.4 is 0 Å². The Morgan fingerprint density at radius 2 is 1.69 bits per heavy atom. The molecule has 2 saturated heterocycles. The maximum atomic E-state index is 13.4. The Morgan fingerprint density at radius 1 is 1.00 bits per heavy atom. The molecule has 5 rings (SSSR count). The Morgan fingerprint density at radius 3 is 2.38 bits per heavy atom. The van der Waals surface area contributed by atoms with Crippen LogP contribution in [0.4, 0.5) is 4.39 Å². The summed E-state index contributed by atoms with van der Waals surface area (Å²) in [4.78, 5) is 29.1. The zero-order valence-electron chi connectivity index (χ0n) is 16.5. The van der Waals surface area contributed by atoms with Crippen LogP contribution in [0, 0.1) is 17.7 Å². The number of likely N-dealkylation sites (tertiary alicyclic amines) is 2. The van der Waals surface area contributed by atoms with E-state index in [4.69, 9.17) is 4.52 Å². The number of rotatable bonds is 4. The zero-order chi connectivity index (χ0) is 20.0.